The normalized spacial score (nSPS) is 23.7. The van der Waals surface area contributed by atoms with E-state index >= 15 is 0 Å². The molecular formula is C44H47NO6. The average molecular weight is 686 g/mol. The highest BCUT2D eigenvalue weighted by molar-refractivity contribution is 5.18. The molecule has 1 spiro atoms. The van der Waals surface area contributed by atoms with E-state index in [1.165, 1.54) is 5.56 Å². The summed E-state index contributed by atoms with van der Waals surface area (Å²) in [7, 11) is 0. The van der Waals surface area contributed by atoms with E-state index in [4.69, 9.17) is 28.4 Å². The van der Waals surface area contributed by atoms with E-state index in [0.717, 1.165) is 35.3 Å². The van der Waals surface area contributed by atoms with Crippen molar-refractivity contribution in [3.8, 4) is 0 Å². The van der Waals surface area contributed by atoms with Crippen LogP contribution in [0.1, 0.15) is 27.8 Å². The Kier molecular flexibility index (Phi) is 12.3. The molecule has 0 amide bonds. The van der Waals surface area contributed by atoms with Crippen LogP contribution in [0.4, 0.5) is 0 Å². The van der Waals surface area contributed by atoms with Crippen LogP contribution in [-0.2, 0) is 61.4 Å². The molecule has 264 valence electrons. The lowest BCUT2D eigenvalue weighted by molar-refractivity contribution is -0.395. The quantitative estimate of drug-likeness (QED) is 0.113. The Balaban J connectivity index is 1.23. The van der Waals surface area contributed by atoms with E-state index in [1.807, 2.05) is 78.9 Å². The predicted octanol–water partition coefficient (Wildman–Crippen LogP) is 7.59. The molecule has 7 rings (SSSR count). The molecule has 2 fully saturated rings. The smallest absolute Gasteiger partial charge is 0.211 e. The second kappa shape index (κ2) is 17.8. The van der Waals surface area contributed by atoms with Gasteiger partial charge in [0.05, 0.1) is 46.2 Å². The highest BCUT2D eigenvalue weighted by atomic mass is 16.7. The Hall–Kier alpha value is -4.18. The number of hydrogen-bond acceptors (Lipinski definition) is 7. The summed E-state index contributed by atoms with van der Waals surface area (Å²) >= 11 is 0. The summed E-state index contributed by atoms with van der Waals surface area (Å²) in [5, 5.41) is 0. The van der Waals surface area contributed by atoms with Gasteiger partial charge < -0.3 is 28.4 Å². The van der Waals surface area contributed by atoms with Crippen molar-refractivity contribution >= 4 is 0 Å². The molecule has 2 aliphatic heterocycles. The second-order valence-corrected chi connectivity index (χ2v) is 13.3. The van der Waals surface area contributed by atoms with Crippen molar-refractivity contribution in [3.05, 3.63) is 179 Å². The average Bonchev–Trinajstić information content (AvgIpc) is 3.18. The zero-order valence-electron chi connectivity index (χ0n) is 29.0. The van der Waals surface area contributed by atoms with Crippen LogP contribution in [0.25, 0.3) is 0 Å². The van der Waals surface area contributed by atoms with E-state index in [0.29, 0.717) is 39.6 Å². The fourth-order valence-electron chi connectivity index (χ4n) is 6.92. The van der Waals surface area contributed by atoms with Crippen LogP contribution in [-0.4, -0.2) is 61.4 Å². The third-order valence-electron chi connectivity index (χ3n) is 9.46. The molecule has 2 heterocycles. The van der Waals surface area contributed by atoms with Crippen molar-refractivity contribution in [2.75, 3.05) is 26.3 Å². The first-order chi connectivity index (χ1) is 25.2. The van der Waals surface area contributed by atoms with Crippen molar-refractivity contribution < 1.29 is 28.4 Å². The van der Waals surface area contributed by atoms with E-state index in [-0.39, 0.29) is 6.61 Å². The lowest BCUT2D eigenvalue weighted by Gasteiger charge is -2.55. The van der Waals surface area contributed by atoms with Gasteiger partial charge in [-0.1, -0.05) is 152 Å². The number of hydrogen-bond donors (Lipinski definition) is 0. The lowest BCUT2D eigenvalue weighted by Crippen LogP contribution is -2.72. The molecule has 2 aliphatic rings. The monoisotopic (exact) mass is 685 g/mol. The van der Waals surface area contributed by atoms with Crippen molar-refractivity contribution in [1.82, 2.24) is 4.90 Å². The first-order valence-electron chi connectivity index (χ1n) is 17.9. The highest BCUT2D eigenvalue weighted by Crippen LogP contribution is 2.40. The van der Waals surface area contributed by atoms with Gasteiger partial charge in [-0.2, -0.15) is 0 Å². The Morgan fingerprint density at radius 3 is 1.51 bits per heavy atom. The van der Waals surface area contributed by atoms with Crippen LogP contribution in [0.3, 0.4) is 0 Å². The first-order valence-corrected chi connectivity index (χ1v) is 17.9. The molecule has 5 aromatic carbocycles. The molecular weight excluding hydrogens is 638 g/mol. The number of ether oxygens (including phenoxy) is 6. The van der Waals surface area contributed by atoms with Gasteiger partial charge in [-0.05, 0) is 27.8 Å². The lowest BCUT2D eigenvalue weighted by atomic mass is 9.90. The maximum Gasteiger partial charge on any atom is 0.211 e. The fraction of sp³-hybridized carbons (Fsp3) is 0.318. The summed E-state index contributed by atoms with van der Waals surface area (Å²) in [6.07, 6.45) is -2.20. The zero-order chi connectivity index (χ0) is 34.6. The summed E-state index contributed by atoms with van der Waals surface area (Å²) in [4.78, 5) is 2.39. The second-order valence-electron chi connectivity index (χ2n) is 13.3. The van der Waals surface area contributed by atoms with Gasteiger partial charge in [0.25, 0.3) is 0 Å². The summed E-state index contributed by atoms with van der Waals surface area (Å²) in [5.41, 5.74) is 5.51. The Morgan fingerprint density at radius 2 is 0.980 bits per heavy atom. The molecule has 0 bridgehead atoms. The number of morpholine rings is 1. The van der Waals surface area contributed by atoms with Gasteiger partial charge in [0.15, 0.2) is 0 Å². The number of rotatable bonds is 15. The predicted molar refractivity (Wildman–Crippen MR) is 196 cm³/mol. The molecule has 0 unspecified atom stereocenters. The van der Waals surface area contributed by atoms with Crippen LogP contribution in [0, 0.1) is 0 Å². The minimum Gasteiger partial charge on any atom is -0.374 e. The topological polar surface area (TPSA) is 58.6 Å². The molecule has 0 aliphatic carbocycles. The Labute approximate surface area is 301 Å². The van der Waals surface area contributed by atoms with E-state index in [1.54, 1.807) is 0 Å². The van der Waals surface area contributed by atoms with Crippen LogP contribution in [0.15, 0.2) is 152 Å². The summed E-state index contributed by atoms with van der Waals surface area (Å²) in [6, 6.07) is 51.4. The van der Waals surface area contributed by atoms with Gasteiger partial charge in [-0.15, -0.1) is 0 Å². The van der Waals surface area contributed by atoms with Gasteiger partial charge in [0, 0.05) is 13.1 Å². The first kappa shape index (κ1) is 35.2. The molecule has 0 aromatic heterocycles. The molecule has 51 heavy (non-hydrogen) atoms. The third-order valence-corrected chi connectivity index (χ3v) is 9.46. The molecule has 7 nitrogen and oxygen atoms in total. The molecule has 0 radical (unpaired) electrons. The van der Waals surface area contributed by atoms with Crippen molar-refractivity contribution in [2.45, 2.75) is 63.2 Å². The molecule has 0 N–H and O–H groups in total. The molecule has 5 atom stereocenters. The summed E-state index contributed by atoms with van der Waals surface area (Å²) in [5.74, 6) is -1.14. The third kappa shape index (κ3) is 9.58. The highest BCUT2D eigenvalue weighted by Gasteiger charge is 2.59. The number of nitrogens with zero attached hydrogens (tertiary/aromatic N) is 1. The van der Waals surface area contributed by atoms with Gasteiger partial charge in [-0.3, -0.25) is 4.90 Å². The van der Waals surface area contributed by atoms with Gasteiger partial charge in [0.2, 0.25) is 5.79 Å². The number of benzene rings is 5. The van der Waals surface area contributed by atoms with Crippen LogP contribution < -0.4 is 0 Å². The molecule has 0 saturated carbocycles. The molecule has 7 heteroatoms. The van der Waals surface area contributed by atoms with E-state index in [2.05, 4.69) is 77.7 Å². The minimum atomic E-state index is -1.14. The maximum atomic E-state index is 7.19. The zero-order valence-corrected chi connectivity index (χ0v) is 29.0. The van der Waals surface area contributed by atoms with E-state index < -0.39 is 30.2 Å². The van der Waals surface area contributed by atoms with Crippen molar-refractivity contribution in [3.63, 3.8) is 0 Å². The van der Waals surface area contributed by atoms with Crippen molar-refractivity contribution in [1.29, 1.82) is 0 Å². The SMILES string of the molecule is c1ccc(COC[C@H]2O[C@@]3(CN(Cc4ccccc4)CCO3)[C@H](OCc3ccccc3)[C@@H](OCc3ccccc3)[C@H]2OCc2ccccc2)cc1. The van der Waals surface area contributed by atoms with Crippen LogP contribution in [0.5, 0.6) is 0 Å². The van der Waals surface area contributed by atoms with Crippen LogP contribution >= 0.6 is 0 Å². The van der Waals surface area contributed by atoms with Gasteiger partial charge in [-0.25, -0.2) is 0 Å². The molecule has 2 saturated heterocycles. The van der Waals surface area contributed by atoms with Crippen LogP contribution in [0.2, 0.25) is 0 Å². The maximum absolute atomic E-state index is 7.19. The van der Waals surface area contributed by atoms with Gasteiger partial charge in [0.1, 0.15) is 24.4 Å². The Bertz CT molecular complexity index is 1710. The summed E-state index contributed by atoms with van der Waals surface area (Å²) in [6.45, 7) is 4.37. The largest absolute Gasteiger partial charge is 0.374 e. The fourth-order valence-corrected chi connectivity index (χ4v) is 6.92. The standard InChI is InChI=1S/C44H47NO6/c1-6-16-35(17-7-1)28-45-26-27-50-44(34-45)43(49-32-39-24-14-5-15-25-39)42(48-31-38-22-12-4-13-23-38)41(47-30-37-20-10-3-11-21-37)40(51-44)33-46-29-36-18-8-2-9-19-36/h1-25,40-43H,26-34H2/t40-,41+,42+,43-,44+/m1/s1. The van der Waals surface area contributed by atoms with Gasteiger partial charge >= 0.3 is 0 Å². The summed E-state index contributed by atoms with van der Waals surface area (Å²) < 4.78 is 41.1. The van der Waals surface area contributed by atoms with E-state index in [9.17, 15) is 0 Å². The Morgan fingerprint density at radius 1 is 0.529 bits per heavy atom. The van der Waals surface area contributed by atoms with Crippen molar-refractivity contribution in [2.24, 2.45) is 0 Å². The minimum absolute atomic E-state index is 0.286. The molecule has 5 aromatic rings.